The average Bonchev–Trinajstić information content (AvgIpc) is 3.26. The molecule has 1 atom stereocenters. The van der Waals surface area contributed by atoms with E-state index in [1.165, 1.54) is 0 Å². The quantitative estimate of drug-likeness (QED) is 0.672. The molecule has 1 saturated heterocycles. The van der Waals surface area contributed by atoms with Crippen LogP contribution in [0.3, 0.4) is 0 Å². The lowest BCUT2D eigenvalue weighted by Gasteiger charge is -2.14. The SMILES string of the molecule is CCOc1ccc(-c2cc(C(=O)NC[C@@H]3CCCO3)c3cc(C)ccc3n2)cc1. The van der Waals surface area contributed by atoms with E-state index in [1.807, 2.05) is 62.4 Å². The second-order valence-corrected chi connectivity index (χ2v) is 7.38. The topological polar surface area (TPSA) is 60.5 Å². The maximum Gasteiger partial charge on any atom is 0.252 e. The number of aromatic nitrogens is 1. The fourth-order valence-corrected chi connectivity index (χ4v) is 3.67. The molecule has 2 heterocycles. The van der Waals surface area contributed by atoms with Crippen molar-refractivity contribution in [1.29, 1.82) is 0 Å². The fraction of sp³-hybridized carbons (Fsp3) is 0.333. The minimum absolute atomic E-state index is 0.0920. The van der Waals surface area contributed by atoms with E-state index >= 15 is 0 Å². The van der Waals surface area contributed by atoms with Crippen molar-refractivity contribution in [2.75, 3.05) is 19.8 Å². The van der Waals surface area contributed by atoms with E-state index in [0.717, 1.165) is 52.9 Å². The Labute approximate surface area is 171 Å². The molecule has 0 bridgehead atoms. The van der Waals surface area contributed by atoms with Gasteiger partial charge in [0, 0.05) is 24.1 Å². The van der Waals surface area contributed by atoms with Crippen LogP contribution in [0.5, 0.6) is 5.75 Å². The summed E-state index contributed by atoms with van der Waals surface area (Å²) < 4.78 is 11.2. The van der Waals surface area contributed by atoms with Gasteiger partial charge in [-0.3, -0.25) is 4.79 Å². The Morgan fingerprint density at radius 3 is 2.76 bits per heavy atom. The summed E-state index contributed by atoms with van der Waals surface area (Å²) in [5.41, 5.74) is 4.27. The number of benzene rings is 2. The summed E-state index contributed by atoms with van der Waals surface area (Å²) in [6.07, 6.45) is 2.16. The number of rotatable bonds is 6. The number of pyridine rings is 1. The lowest BCUT2D eigenvalue weighted by atomic mass is 10.0. The minimum Gasteiger partial charge on any atom is -0.494 e. The first-order valence-electron chi connectivity index (χ1n) is 10.2. The summed E-state index contributed by atoms with van der Waals surface area (Å²) in [6, 6.07) is 15.7. The van der Waals surface area contributed by atoms with Crippen LogP contribution in [0.25, 0.3) is 22.2 Å². The fourth-order valence-electron chi connectivity index (χ4n) is 3.67. The second-order valence-electron chi connectivity index (χ2n) is 7.38. The van der Waals surface area contributed by atoms with Gasteiger partial charge in [0.05, 0.1) is 29.5 Å². The van der Waals surface area contributed by atoms with E-state index < -0.39 is 0 Å². The van der Waals surface area contributed by atoms with E-state index in [9.17, 15) is 4.79 Å². The molecule has 0 unspecified atom stereocenters. The van der Waals surface area contributed by atoms with Crippen molar-refractivity contribution >= 4 is 16.8 Å². The number of nitrogens with one attached hydrogen (secondary N) is 1. The predicted molar refractivity (Wildman–Crippen MR) is 114 cm³/mol. The highest BCUT2D eigenvalue weighted by molar-refractivity contribution is 6.07. The molecule has 0 spiro atoms. The maximum atomic E-state index is 13.0. The largest absolute Gasteiger partial charge is 0.494 e. The molecule has 1 N–H and O–H groups in total. The van der Waals surface area contributed by atoms with Gasteiger partial charge in [0.2, 0.25) is 0 Å². The molecular weight excluding hydrogens is 364 g/mol. The number of amides is 1. The highest BCUT2D eigenvalue weighted by Crippen LogP contribution is 2.27. The molecule has 0 radical (unpaired) electrons. The summed E-state index contributed by atoms with van der Waals surface area (Å²) >= 11 is 0. The van der Waals surface area contributed by atoms with Gasteiger partial charge in [-0.1, -0.05) is 11.6 Å². The monoisotopic (exact) mass is 390 g/mol. The van der Waals surface area contributed by atoms with Crippen molar-refractivity contribution < 1.29 is 14.3 Å². The highest BCUT2D eigenvalue weighted by Gasteiger charge is 2.19. The van der Waals surface area contributed by atoms with E-state index in [1.54, 1.807) is 0 Å². The first-order chi connectivity index (χ1) is 14.1. The lowest BCUT2D eigenvalue weighted by molar-refractivity contribution is 0.0859. The molecule has 2 aromatic carbocycles. The number of fused-ring (bicyclic) bond motifs is 1. The summed E-state index contributed by atoms with van der Waals surface area (Å²) in [5, 5.41) is 3.91. The van der Waals surface area contributed by atoms with Crippen LogP contribution < -0.4 is 10.1 Å². The van der Waals surface area contributed by atoms with Crippen LogP contribution in [-0.4, -0.2) is 36.8 Å². The molecule has 1 aromatic heterocycles. The zero-order chi connectivity index (χ0) is 20.2. The minimum atomic E-state index is -0.0920. The molecule has 4 rings (SSSR count). The van der Waals surface area contributed by atoms with Gasteiger partial charge in [-0.15, -0.1) is 0 Å². The third-order valence-corrected chi connectivity index (χ3v) is 5.18. The lowest BCUT2D eigenvalue weighted by Crippen LogP contribution is -2.32. The van der Waals surface area contributed by atoms with Gasteiger partial charge >= 0.3 is 0 Å². The molecule has 0 aliphatic carbocycles. The smallest absolute Gasteiger partial charge is 0.252 e. The summed E-state index contributed by atoms with van der Waals surface area (Å²) in [7, 11) is 0. The molecule has 1 aliphatic rings. The van der Waals surface area contributed by atoms with Crippen LogP contribution in [0.2, 0.25) is 0 Å². The van der Waals surface area contributed by atoms with Gasteiger partial charge in [0.25, 0.3) is 5.91 Å². The third kappa shape index (κ3) is 4.40. The molecule has 150 valence electrons. The van der Waals surface area contributed by atoms with E-state index in [-0.39, 0.29) is 12.0 Å². The van der Waals surface area contributed by atoms with E-state index in [4.69, 9.17) is 14.5 Å². The molecular formula is C24H26N2O3. The second kappa shape index (κ2) is 8.62. The van der Waals surface area contributed by atoms with E-state index in [2.05, 4.69) is 5.32 Å². The highest BCUT2D eigenvalue weighted by atomic mass is 16.5. The standard InChI is InChI=1S/C24H26N2O3/c1-3-28-18-9-7-17(8-10-18)23-14-21(20-13-16(2)6-11-22(20)26-23)24(27)25-15-19-5-4-12-29-19/h6-11,13-14,19H,3-5,12,15H2,1-2H3,(H,25,27)/t19-/m0/s1. The number of ether oxygens (including phenoxy) is 2. The Bertz CT molecular complexity index is 1010. The number of nitrogens with zero attached hydrogens (tertiary/aromatic N) is 1. The number of carbonyl (C=O) groups excluding carboxylic acids is 1. The molecule has 29 heavy (non-hydrogen) atoms. The van der Waals surface area contributed by atoms with Gasteiger partial charge in [0.15, 0.2) is 0 Å². The van der Waals surface area contributed by atoms with Crippen LogP contribution in [0.4, 0.5) is 0 Å². The van der Waals surface area contributed by atoms with Crippen molar-refractivity contribution in [3.63, 3.8) is 0 Å². The Morgan fingerprint density at radius 2 is 2.03 bits per heavy atom. The zero-order valence-electron chi connectivity index (χ0n) is 16.9. The Morgan fingerprint density at radius 1 is 1.21 bits per heavy atom. The Kier molecular flexibility index (Phi) is 5.76. The van der Waals surface area contributed by atoms with Gasteiger partial charge < -0.3 is 14.8 Å². The zero-order valence-corrected chi connectivity index (χ0v) is 16.9. The number of hydrogen-bond acceptors (Lipinski definition) is 4. The predicted octanol–water partition coefficient (Wildman–Crippen LogP) is 4.52. The van der Waals surface area contributed by atoms with Gasteiger partial charge in [-0.2, -0.15) is 0 Å². The van der Waals surface area contributed by atoms with Crippen LogP contribution in [0.1, 0.15) is 35.7 Å². The number of carbonyl (C=O) groups is 1. The van der Waals surface area contributed by atoms with Gasteiger partial charge in [-0.25, -0.2) is 4.98 Å². The molecule has 1 amide bonds. The first kappa shape index (κ1) is 19.4. The van der Waals surface area contributed by atoms with Crippen molar-refractivity contribution in [2.45, 2.75) is 32.8 Å². The summed E-state index contributed by atoms with van der Waals surface area (Å²) in [6.45, 7) is 5.92. The molecule has 3 aromatic rings. The van der Waals surface area contributed by atoms with Crippen LogP contribution in [0, 0.1) is 6.92 Å². The van der Waals surface area contributed by atoms with Crippen molar-refractivity contribution in [3.8, 4) is 17.0 Å². The van der Waals surface area contributed by atoms with Crippen LogP contribution >= 0.6 is 0 Å². The summed E-state index contributed by atoms with van der Waals surface area (Å²) in [4.78, 5) is 17.8. The van der Waals surface area contributed by atoms with Gasteiger partial charge in [0.1, 0.15) is 5.75 Å². The Balaban J connectivity index is 1.68. The normalized spacial score (nSPS) is 16.1. The van der Waals surface area contributed by atoms with Crippen LogP contribution in [-0.2, 0) is 4.74 Å². The van der Waals surface area contributed by atoms with Crippen LogP contribution in [0.15, 0.2) is 48.5 Å². The van der Waals surface area contributed by atoms with Crippen molar-refractivity contribution in [2.24, 2.45) is 0 Å². The first-order valence-corrected chi connectivity index (χ1v) is 10.2. The van der Waals surface area contributed by atoms with Crippen molar-refractivity contribution in [1.82, 2.24) is 10.3 Å². The third-order valence-electron chi connectivity index (χ3n) is 5.18. The number of aryl methyl sites for hydroxylation is 1. The average molecular weight is 390 g/mol. The Hall–Kier alpha value is -2.92. The maximum absolute atomic E-state index is 13.0. The molecule has 1 fully saturated rings. The molecule has 1 aliphatic heterocycles. The molecule has 5 nitrogen and oxygen atoms in total. The summed E-state index contributed by atoms with van der Waals surface area (Å²) in [5.74, 6) is 0.730. The molecule has 0 saturated carbocycles. The van der Waals surface area contributed by atoms with E-state index in [0.29, 0.717) is 18.7 Å². The molecule has 5 heteroatoms. The van der Waals surface area contributed by atoms with Crippen molar-refractivity contribution in [3.05, 3.63) is 59.7 Å². The van der Waals surface area contributed by atoms with Gasteiger partial charge in [-0.05, 0) is 69.2 Å². The number of hydrogen-bond donors (Lipinski definition) is 1.